The van der Waals surface area contributed by atoms with Gasteiger partial charge in [-0.3, -0.25) is 4.99 Å². The Bertz CT molecular complexity index is 804. The molecular weight excluding hydrogens is 473 g/mol. The second kappa shape index (κ2) is 8.94. The fraction of sp³-hybridized carbons (Fsp3) is 0.550. The Hall–Kier alpha value is -1.09. The molecule has 1 saturated heterocycles. The topological polar surface area (TPSA) is 61.8 Å². The fourth-order valence-electron chi connectivity index (χ4n) is 3.65. The molecule has 4 rings (SSSR count). The number of sulfone groups is 1. The van der Waals surface area contributed by atoms with Gasteiger partial charge in [-0.2, -0.15) is 0 Å². The van der Waals surface area contributed by atoms with Gasteiger partial charge in [0, 0.05) is 25.7 Å². The summed E-state index contributed by atoms with van der Waals surface area (Å²) in [5.41, 5.74) is 2.70. The number of hydrogen-bond acceptors (Lipinski definition) is 3. The molecule has 2 fully saturated rings. The van der Waals surface area contributed by atoms with Crippen LogP contribution in [0.3, 0.4) is 0 Å². The van der Waals surface area contributed by atoms with Crippen molar-refractivity contribution in [2.24, 2.45) is 10.9 Å². The molecule has 7 heteroatoms. The summed E-state index contributed by atoms with van der Waals surface area (Å²) in [5, 5.41) is 3.56. The normalized spacial score (nSPS) is 24.9. The predicted molar refractivity (Wildman–Crippen MR) is 121 cm³/mol. The quantitative estimate of drug-likeness (QED) is 0.392. The van der Waals surface area contributed by atoms with Crippen LogP contribution in [0, 0.1) is 5.92 Å². The lowest BCUT2D eigenvalue weighted by atomic mass is 10.00. The summed E-state index contributed by atoms with van der Waals surface area (Å²) in [5.74, 6) is 1.76. The standard InChI is InChI=1S/C20H27N3O2S.HI/c24-26(25)13-10-16(15-26)14-21-20(22-19-6-7-19)23-11-8-18(9-12-23)17-4-2-1-3-5-17;/h1-5,8,16,19H,6-7,9-15H2,(H,21,22);1H. The molecule has 5 nitrogen and oxygen atoms in total. The Morgan fingerprint density at radius 1 is 1.19 bits per heavy atom. The third kappa shape index (κ3) is 5.70. The molecule has 1 unspecified atom stereocenters. The lowest BCUT2D eigenvalue weighted by molar-refractivity contribution is 0.435. The van der Waals surface area contributed by atoms with E-state index in [2.05, 4.69) is 40.6 Å². The summed E-state index contributed by atoms with van der Waals surface area (Å²) < 4.78 is 23.3. The Balaban J connectivity index is 0.00000210. The zero-order valence-electron chi connectivity index (χ0n) is 15.5. The van der Waals surface area contributed by atoms with Crippen molar-refractivity contribution in [3.05, 3.63) is 42.0 Å². The number of aliphatic imine (C=N–C) groups is 1. The van der Waals surface area contributed by atoms with Gasteiger partial charge >= 0.3 is 0 Å². The SMILES string of the molecule is I.O=S1(=O)CCC(CN=C(NC2CC2)N2CC=C(c3ccccc3)CC2)C1. The molecule has 1 aromatic carbocycles. The van der Waals surface area contributed by atoms with Gasteiger partial charge in [-0.15, -0.1) is 24.0 Å². The van der Waals surface area contributed by atoms with Crippen LogP contribution in [0.5, 0.6) is 0 Å². The van der Waals surface area contributed by atoms with Crippen molar-refractivity contribution in [3.8, 4) is 0 Å². The smallest absolute Gasteiger partial charge is 0.194 e. The van der Waals surface area contributed by atoms with Gasteiger partial charge in [0.25, 0.3) is 0 Å². The van der Waals surface area contributed by atoms with E-state index in [9.17, 15) is 8.42 Å². The molecule has 1 atom stereocenters. The van der Waals surface area contributed by atoms with Crippen LogP contribution in [0.15, 0.2) is 41.4 Å². The molecule has 148 valence electrons. The van der Waals surface area contributed by atoms with Gasteiger partial charge in [0.15, 0.2) is 15.8 Å². The zero-order chi connectivity index (χ0) is 18.0. The van der Waals surface area contributed by atoms with Crippen LogP contribution >= 0.6 is 24.0 Å². The van der Waals surface area contributed by atoms with E-state index in [4.69, 9.17) is 4.99 Å². The highest BCUT2D eigenvalue weighted by atomic mass is 127. The van der Waals surface area contributed by atoms with E-state index in [1.165, 1.54) is 24.0 Å². The molecule has 1 aliphatic carbocycles. The predicted octanol–water partition coefficient (Wildman–Crippen LogP) is 2.94. The monoisotopic (exact) mass is 501 g/mol. The van der Waals surface area contributed by atoms with Crippen molar-refractivity contribution in [1.29, 1.82) is 0 Å². The third-order valence-corrected chi connectivity index (χ3v) is 7.23. The molecule has 0 bridgehead atoms. The Morgan fingerprint density at radius 3 is 2.56 bits per heavy atom. The van der Waals surface area contributed by atoms with Crippen LogP contribution < -0.4 is 5.32 Å². The number of nitrogens with one attached hydrogen (secondary N) is 1. The first-order valence-electron chi connectivity index (χ1n) is 9.60. The van der Waals surface area contributed by atoms with E-state index >= 15 is 0 Å². The highest BCUT2D eigenvalue weighted by molar-refractivity contribution is 14.0. The fourth-order valence-corrected chi connectivity index (χ4v) is 5.50. The molecule has 0 radical (unpaired) electrons. The number of halogens is 1. The Labute approximate surface area is 179 Å². The van der Waals surface area contributed by atoms with Crippen LogP contribution in [0.4, 0.5) is 0 Å². The zero-order valence-corrected chi connectivity index (χ0v) is 18.7. The summed E-state index contributed by atoms with van der Waals surface area (Å²) in [4.78, 5) is 7.11. The van der Waals surface area contributed by atoms with E-state index in [-0.39, 0.29) is 29.9 Å². The largest absolute Gasteiger partial charge is 0.353 e. The summed E-state index contributed by atoms with van der Waals surface area (Å²) in [6, 6.07) is 11.1. The molecule has 27 heavy (non-hydrogen) atoms. The summed E-state index contributed by atoms with van der Waals surface area (Å²) in [7, 11) is -2.83. The van der Waals surface area contributed by atoms with E-state index < -0.39 is 9.84 Å². The van der Waals surface area contributed by atoms with Gasteiger partial charge < -0.3 is 10.2 Å². The molecular formula is C20H28IN3O2S. The second-order valence-electron chi connectivity index (χ2n) is 7.64. The van der Waals surface area contributed by atoms with Gasteiger partial charge in [0.2, 0.25) is 0 Å². The highest BCUT2D eigenvalue weighted by Gasteiger charge is 2.29. The first-order valence-corrected chi connectivity index (χ1v) is 11.4. The second-order valence-corrected chi connectivity index (χ2v) is 9.87. The number of benzene rings is 1. The lowest BCUT2D eigenvalue weighted by Gasteiger charge is -2.30. The van der Waals surface area contributed by atoms with Crippen LogP contribution in [0.2, 0.25) is 0 Å². The molecule has 0 aromatic heterocycles. The lowest BCUT2D eigenvalue weighted by Crippen LogP contribution is -2.44. The molecule has 2 aliphatic heterocycles. The Morgan fingerprint density at radius 2 is 1.96 bits per heavy atom. The first kappa shape index (κ1) is 20.6. The number of rotatable bonds is 4. The van der Waals surface area contributed by atoms with Crippen molar-refractivity contribution in [1.82, 2.24) is 10.2 Å². The van der Waals surface area contributed by atoms with Crippen molar-refractivity contribution < 1.29 is 8.42 Å². The van der Waals surface area contributed by atoms with E-state index in [1.807, 2.05) is 6.07 Å². The molecule has 1 N–H and O–H groups in total. The highest BCUT2D eigenvalue weighted by Crippen LogP contribution is 2.24. The maximum absolute atomic E-state index is 11.7. The Kier molecular flexibility index (Phi) is 6.83. The average Bonchev–Trinajstić information content (AvgIpc) is 3.41. The van der Waals surface area contributed by atoms with Gasteiger partial charge in [0.05, 0.1) is 11.5 Å². The number of guanidine groups is 1. The molecule has 0 amide bonds. The van der Waals surface area contributed by atoms with Gasteiger partial charge in [-0.05, 0) is 42.7 Å². The molecule has 1 aromatic rings. The number of hydrogen-bond donors (Lipinski definition) is 1. The van der Waals surface area contributed by atoms with E-state index in [1.54, 1.807) is 0 Å². The molecule has 3 aliphatic rings. The van der Waals surface area contributed by atoms with Crippen LogP contribution in [0.25, 0.3) is 5.57 Å². The van der Waals surface area contributed by atoms with Crippen molar-refractivity contribution in [2.45, 2.75) is 31.7 Å². The van der Waals surface area contributed by atoms with Gasteiger partial charge in [-0.25, -0.2) is 8.42 Å². The summed E-state index contributed by atoms with van der Waals surface area (Å²) >= 11 is 0. The van der Waals surface area contributed by atoms with Crippen LogP contribution in [-0.4, -0.2) is 56.5 Å². The van der Waals surface area contributed by atoms with Crippen molar-refractivity contribution in [2.75, 3.05) is 31.1 Å². The minimum Gasteiger partial charge on any atom is -0.353 e. The third-order valence-electron chi connectivity index (χ3n) is 5.39. The first-order chi connectivity index (χ1) is 12.6. The van der Waals surface area contributed by atoms with Gasteiger partial charge in [-0.1, -0.05) is 36.4 Å². The van der Waals surface area contributed by atoms with Crippen LogP contribution in [0.1, 0.15) is 31.2 Å². The van der Waals surface area contributed by atoms with Gasteiger partial charge in [0.1, 0.15) is 0 Å². The maximum Gasteiger partial charge on any atom is 0.194 e. The van der Waals surface area contributed by atoms with E-state index in [0.29, 0.717) is 24.1 Å². The summed E-state index contributed by atoms with van der Waals surface area (Å²) in [6.45, 7) is 2.41. The molecule has 2 heterocycles. The minimum atomic E-state index is -2.83. The van der Waals surface area contributed by atoms with Crippen molar-refractivity contribution in [3.63, 3.8) is 0 Å². The number of nitrogens with zero attached hydrogens (tertiary/aromatic N) is 2. The minimum absolute atomic E-state index is 0. The van der Waals surface area contributed by atoms with E-state index in [0.717, 1.165) is 31.9 Å². The summed E-state index contributed by atoms with van der Waals surface area (Å²) in [6.07, 6.45) is 6.46. The maximum atomic E-state index is 11.7. The molecule has 1 saturated carbocycles. The average molecular weight is 501 g/mol. The molecule has 0 spiro atoms. The van der Waals surface area contributed by atoms with Crippen LogP contribution in [-0.2, 0) is 9.84 Å². The van der Waals surface area contributed by atoms with Crippen molar-refractivity contribution >= 4 is 45.3 Å².